The minimum atomic E-state index is 0.458. The fraction of sp³-hybridized carbons (Fsp3) is 0.0769. The zero-order valence-corrected chi connectivity index (χ0v) is 10.5. The Morgan fingerprint density at radius 1 is 1.24 bits per heavy atom. The van der Waals surface area contributed by atoms with Crippen LogP contribution in [0.25, 0.3) is 0 Å². The Bertz CT molecular complexity index is 546. The lowest BCUT2D eigenvalue weighted by Gasteiger charge is -2.02. The average Bonchev–Trinajstić information content (AvgIpc) is 2.38. The zero-order chi connectivity index (χ0) is 12.1. The minimum Gasteiger partial charge on any atom is -0.246 e. The molecule has 0 aliphatic rings. The van der Waals surface area contributed by atoms with Crippen molar-refractivity contribution in [3.63, 3.8) is 0 Å². The summed E-state index contributed by atoms with van der Waals surface area (Å²) >= 11 is 7.52. The van der Waals surface area contributed by atoms with Gasteiger partial charge in [-0.05, 0) is 42.0 Å². The molecule has 0 spiro atoms. The van der Waals surface area contributed by atoms with Gasteiger partial charge in [0, 0.05) is 21.9 Å². The van der Waals surface area contributed by atoms with Crippen LogP contribution >= 0.6 is 23.4 Å². The molecule has 0 atom stereocenters. The molecular weight excluding hydrogens is 252 g/mol. The van der Waals surface area contributed by atoms with Crippen molar-refractivity contribution in [1.29, 1.82) is 5.26 Å². The van der Waals surface area contributed by atoms with Gasteiger partial charge in [0.05, 0.1) is 0 Å². The Morgan fingerprint density at radius 2 is 2.00 bits per heavy atom. The van der Waals surface area contributed by atoms with E-state index in [0.29, 0.717) is 5.69 Å². The van der Waals surface area contributed by atoms with Gasteiger partial charge >= 0.3 is 0 Å². The molecule has 0 N–H and O–H groups in total. The number of pyridine rings is 1. The molecule has 0 saturated carbocycles. The Labute approximate surface area is 109 Å². The van der Waals surface area contributed by atoms with Gasteiger partial charge in [-0.1, -0.05) is 11.6 Å². The number of thioether (sulfide) groups is 1. The van der Waals surface area contributed by atoms with Gasteiger partial charge in [0.15, 0.2) is 0 Å². The van der Waals surface area contributed by atoms with Crippen molar-refractivity contribution < 1.29 is 0 Å². The van der Waals surface area contributed by atoms with Crippen molar-refractivity contribution in [2.45, 2.75) is 10.6 Å². The second kappa shape index (κ2) is 5.72. The maximum Gasteiger partial charge on any atom is 0.140 e. The highest BCUT2D eigenvalue weighted by Crippen LogP contribution is 2.24. The van der Waals surface area contributed by atoms with Gasteiger partial charge in [0.25, 0.3) is 0 Å². The van der Waals surface area contributed by atoms with Crippen molar-refractivity contribution in [2.24, 2.45) is 0 Å². The van der Waals surface area contributed by atoms with Gasteiger partial charge in [-0.2, -0.15) is 5.26 Å². The van der Waals surface area contributed by atoms with E-state index >= 15 is 0 Å². The highest BCUT2D eigenvalue weighted by atomic mass is 35.5. The highest BCUT2D eigenvalue weighted by molar-refractivity contribution is 7.98. The van der Waals surface area contributed by atoms with E-state index in [-0.39, 0.29) is 0 Å². The molecule has 84 valence electrons. The minimum absolute atomic E-state index is 0.458. The molecule has 0 amide bonds. The standard InChI is InChI=1S/C13H9ClN2S/c14-11-1-3-13(4-2-11)17-9-10-5-6-16-12(7-10)8-15/h1-7H,9H2. The summed E-state index contributed by atoms with van der Waals surface area (Å²) in [4.78, 5) is 5.09. The Balaban J connectivity index is 2.02. The molecule has 17 heavy (non-hydrogen) atoms. The van der Waals surface area contributed by atoms with Crippen LogP contribution in [0.15, 0.2) is 47.5 Å². The molecular formula is C13H9ClN2S. The first-order valence-corrected chi connectivity index (χ1v) is 6.38. The van der Waals surface area contributed by atoms with Crippen molar-refractivity contribution in [1.82, 2.24) is 4.98 Å². The van der Waals surface area contributed by atoms with Crippen LogP contribution < -0.4 is 0 Å². The summed E-state index contributed by atoms with van der Waals surface area (Å²) < 4.78 is 0. The molecule has 0 radical (unpaired) electrons. The molecule has 2 rings (SSSR count). The first-order valence-electron chi connectivity index (χ1n) is 5.01. The maximum absolute atomic E-state index is 8.74. The fourth-order valence-corrected chi connectivity index (χ4v) is 2.29. The largest absolute Gasteiger partial charge is 0.246 e. The molecule has 0 aliphatic carbocycles. The summed E-state index contributed by atoms with van der Waals surface area (Å²) in [5, 5.41) is 9.48. The second-order valence-corrected chi connectivity index (χ2v) is 4.89. The number of nitrogens with zero attached hydrogens (tertiary/aromatic N) is 2. The average molecular weight is 261 g/mol. The number of nitriles is 1. The molecule has 0 fully saturated rings. The van der Waals surface area contributed by atoms with E-state index < -0.39 is 0 Å². The molecule has 0 unspecified atom stereocenters. The van der Waals surface area contributed by atoms with Crippen LogP contribution in [-0.4, -0.2) is 4.98 Å². The van der Waals surface area contributed by atoms with Crippen LogP contribution in [0.1, 0.15) is 11.3 Å². The van der Waals surface area contributed by atoms with E-state index in [1.807, 2.05) is 42.5 Å². The van der Waals surface area contributed by atoms with Crippen LogP contribution in [0, 0.1) is 11.3 Å². The van der Waals surface area contributed by atoms with Crippen LogP contribution in [0.3, 0.4) is 0 Å². The Morgan fingerprint density at radius 3 is 2.71 bits per heavy atom. The third kappa shape index (κ3) is 3.48. The maximum atomic E-state index is 8.74. The first kappa shape index (κ1) is 12.0. The van der Waals surface area contributed by atoms with Gasteiger partial charge in [0.1, 0.15) is 11.8 Å². The normalized spacial score (nSPS) is 9.88. The molecule has 2 nitrogen and oxygen atoms in total. The fourth-order valence-electron chi connectivity index (χ4n) is 1.32. The lowest BCUT2D eigenvalue weighted by Crippen LogP contribution is -1.86. The molecule has 4 heteroatoms. The molecule has 1 heterocycles. The van der Waals surface area contributed by atoms with E-state index in [2.05, 4.69) is 4.98 Å². The number of rotatable bonds is 3. The summed E-state index contributed by atoms with van der Waals surface area (Å²) in [5.74, 6) is 0.818. The first-order chi connectivity index (χ1) is 8.28. The van der Waals surface area contributed by atoms with Gasteiger partial charge < -0.3 is 0 Å². The third-order valence-corrected chi connectivity index (χ3v) is 3.49. The molecule has 0 bridgehead atoms. The Hall–Kier alpha value is -1.50. The molecule has 2 aromatic rings. The monoisotopic (exact) mass is 260 g/mol. The quantitative estimate of drug-likeness (QED) is 0.786. The number of aromatic nitrogens is 1. The van der Waals surface area contributed by atoms with Crippen LogP contribution in [0.4, 0.5) is 0 Å². The summed E-state index contributed by atoms with van der Waals surface area (Å²) in [7, 11) is 0. The third-order valence-electron chi connectivity index (χ3n) is 2.16. The van der Waals surface area contributed by atoms with Crippen molar-refractivity contribution in [3.8, 4) is 6.07 Å². The van der Waals surface area contributed by atoms with Crippen molar-refractivity contribution in [2.75, 3.05) is 0 Å². The topological polar surface area (TPSA) is 36.7 Å². The lowest BCUT2D eigenvalue weighted by molar-refractivity contribution is 1.22. The van der Waals surface area contributed by atoms with E-state index in [1.165, 1.54) is 0 Å². The second-order valence-electron chi connectivity index (χ2n) is 3.40. The van der Waals surface area contributed by atoms with Crippen LogP contribution in [0.2, 0.25) is 5.02 Å². The lowest BCUT2D eigenvalue weighted by atomic mass is 10.2. The predicted octanol–water partition coefficient (Wildman–Crippen LogP) is 3.90. The van der Waals surface area contributed by atoms with Crippen LogP contribution in [0.5, 0.6) is 0 Å². The van der Waals surface area contributed by atoms with E-state index in [1.54, 1.807) is 18.0 Å². The SMILES string of the molecule is N#Cc1cc(CSc2ccc(Cl)cc2)ccn1. The summed E-state index contributed by atoms with van der Waals surface area (Å²) in [6.45, 7) is 0. The van der Waals surface area contributed by atoms with Crippen LogP contribution in [-0.2, 0) is 5.75 Å². The number of hydrogen-bond donors (Lipinski definition) is 0. The van der Waals surface area contributed by atoms with E-state index in [0.717, 1.165) is 21.2 Å². The van der Waals surface area contributed by atoms with E-state index in [9.17, 15) is 0 Å². The predicted molar refractivity (Wildman–Crippen MR) is 70.0 cm³/mol. The highest BCUT2D eigenvalue weighted by Gasteiger charge is 1.98. The number of hydrogen-bond acceptors (Lipinski definition) is 3. The molecule has 0 aliphatic heterocycles. The Kier molecular flexibility index (Phi) is 4.03. The molecule has 0 saturated heterocycles. The molecule has 1 aromatic carbocycles. The molecule has 1 aromatic heterocycles. The van der Waals surface area contributed by atoms with Crippen molar-refractivity contribution in [3.05, 3.63) is 58.9 Å². The zero-order valence-electron chi connectivity index (χ0n) is 8.93. The van der Waals surface area contributed by atoms with Gasteiger partial charge in [-0.15, -0.1) is 11.8 Å². The summed E-state index contributed by atoms with van der Waals surface area (Å²) in [6, 6.07) is 13.5. The summed E-state index contributed by atoms with van der Waals surface area (Å²) in [6.07, 6.45) is 1.66. The van der Waals surface area contributed by atoms with E-state index in [4.69, 9.17) is 16.9 Å². The van der Waals surface area contributed by atoms with Crippen molar-refractivity contribution >= 4 is 23.4 Å². The number of halogens is 1. The van der Waals surface area contributed by atoms with Gasteiger partial charge in [-0.3, -0.25) is 0 Å². The number of benzene rings is 1. The van der Waals surface area contributed by atoms with Gasteiger partial charge in [-0.25, -0.2) is 4.98 Å². The summed E-state index contributed by atoms with van der Waals surface area (Å²) in [5.41, 5.74) is 1.55. The van der Waals surface area contributed by atoms with Gasteiger partial charge in [0.2, 0.25) is 0 Å². The smallest absolute Gasteiger partial charge is 0.140 e.